The van der Waals surface area contributed by atoms with Crippen molar-refractivity contribution in [3.05, 3.63) is 59.7 Å². The number of nitrogens with zero attached hydrogens (tertiary/aromatic N) is 2. The monoisotopic (exact) mass is 327 g/mol. The van der Waals surface area contributed by atoms with Gasteiger partial charge >= 0.3 is 0 Å². The van der Waals surface area contributed by atoms with Gasteiger partial charge < -0.3 is 4.74 Å². The summed E-state index contributed by atoms with van der Waals surface area (Å²) in [4.78, 5) is 0.204. The lowest BCUT2D eigenvalue weighted by atomic mass is 10.0. The highest BCUT2D eigenvalue weighted by Crippen LogP contribution is 2.26. The summed E-state index contributed by atoms with van der Waals surface area (Å²) < 4.78 is 33.4. The molecule has 2 heterocycles. The summed E-state index contributed by atoms with van der Waals surface area (Å²) in [5, 5.41) is 4.36. The number of amidine groups is 1. The third-order valence-corrected chi connectivity index (χ3v) is 5.06. The molecule has 0 amide bonds. The molecule has 2 aliphatic heterocycles. The van der Waals surface area contributed by atoms with E-state index < -0.39 is 10.0 Å². The molecule has 116 valence electrons. The first kappa shape index (κ1) is 14.0. The average molecular weight is 327 g/mol. The second-order valence-electron chi connectivity index (χ2n) is 5.18. The van der Waals surface area contributed by atoms with Crippen molar-refractivity contribution >= 4 is 21.6 Å². The molecule has 0 aromatic heterocycles. The zero-order valence-corrected chi connectivity index (χ0v) is 12.9. The van der Waals surface area contributed by atoms with E-state index >= 15 is 0 Å². The van der Waals surface area contributed by atoms with Gasteiger partial charge in [0, 0.05) is 17.5 Å². The van der Waals surface area contributed by atoms with Crippen molar-refractivity contribution in [1.29, 1.82) is 0 Å². The quantitative estimate of drug-likeness (QED) is 0.812. The van der Waals surface area contributed by atoms with Crippen LogP contribution < -0.4 is 10.2 Å². The summed E-state index contributed by atoms with van der Waals surface area (Å²) in [5.74, 6) is 1.03. The Labute approximate surface area is 133 Å². The molecule has 0 fully saturated rings. The first-order valence-corrected chi connectivity index (χ1v) is 8.58. The summed E-state index contributed by atoms with van der Waals surface area (Å²) in [7, 11) is -3.64. The van der Waals surface area contributed by atoms with Crippen LogP contribution in [0.2, 0.25) is 0 Å². The third-order valence-electron chi connectivity index (χ3n) is 3.72. The van der Waals surface area contributed by atoms with Crippen LogP contribution in [0.1, 0.15) is 17.5 Å². The fourth-order valence-corrected chi connectivity index (χ4v) is 3.82. The molecule has 0 spiro atoms. The van der Waals surface area contributed by atoms with E-state index in [1.54, 1.807) is 24.3 Å². The van der Waals surface area contributed by atoms with E-state index in [1.807, 2.05) is 24.3 Å². The molecule has 4 rings (SSSR count). The molecule has 23 heavy (non-hydrogen) atoms. The highest BCUT2D eigenvalue weighted by Gasteiger charge is 2.28. The molecule has 2 aromatic carbocycles. The van der Waals surface area contributed by atoms with Gasteiger partial charge in [0.1, 0.15) is 10.6 Å². The number of para-hydroxylation sites is 1. The number of rotatable bonds is 1. The van der Waals surface area contributed by atoms with Crippen LogP contribution in [-0.4, -0.2) is 26.6 Å². The Kier molecular flexibility index (Phi) is 3.16. The second kappa shape index (κ2) is 5.20. The third kappa shape index (κ3) is 2.39. The lowest BCUT2D eigenvalue weighted by molar-refractivity contribution is 0.320. The number of nitrogens with one attached hydrogen (secondary N) is 1. The molecule has 6 nitrogen and oxygen atoms in total. The maximum Gasteiger partial charge on any atom is 0.285 e. The van der Waals surface area contributed by atoms with E-state index in [9.17, 15) is 8.42 Å². The minimum Gasteiger partial charge on any atom is -0.492 e. The largest absolute Gasteiger partial charge is 0.492 e. The van der Waals surface area contributed by atoms with E-state index in [2.05, 4.69) is 14.9 Å². The van der Waals surface area contributed by atoms with Gasteiger partial charge in [0.05, 0.1) is 12.3 Å². The van der Waals surface area contributed by atoms with Crippen LogP contribution in [0.5, 0.6) is 5.75 Å². The Bertz CT molecular complexity index is 949. The molecule has 0 aliphatic carbocycles. The molecule has 0 radical (unpaired) electrons. The smallest absolute Gasteiger partial charge is 0.285 e. The lowest BCUT2D eigenvalue weighted by Gasteiger charge is -2.18. The zero-order valence-electron chi connectivity index (χ0n) is 12.1. The maximum atomic E-state index is 12.0. The van der Waals surface area contributed by atoms with Gasteiger partial charge in [-0.3, -0.25) is 5.43 Å². The van der Waals surface area contributed by atoms with Gasteiger partial charge in [0.25, 0.3) is 10.0 Å². The van der Waals surface area contributed by atoms with Gasteiger partial charge in [0.2, 0.25) is 0 Å². The van der Waals surface area contributed by atoms with E-state index in [0.29, 0.717) is 18.6 Å². The highest BCUT2D eigenvalue weighted by molar-refractivity contribution is 7.90. The number of sulfonamides is 1. The predicted molar refractivity (Wildman–Crippen MR) is 86.4 cm³/mol. The number of hydrogen-bond acceptors (Lipinski definition) is 5. The van der Waals surface area contributed by atoms with Crippen molar-refractivity contribution in [2.75, 3.05) is 6.61 Å². The van der Waals surface area contributed by atoms with Gasteiger partial charge in [-0.1, -0.05) is 24.3 Å². The van der Waals surface area contributed by atoms with Crippen molar-refractivity contribution in [2.45, 2.75) is 11.3 Å². The van der Waals surface area contributed by atoms with Crippen LogP contribution in [0.25, 0.3) is 0 Å². The molecule has 0 saturated heterocycles. The van der Waals surface area contributed by atoms with E-state index in [1.165, 1.54) is 0 Å². The molecule has 1 N–H and O–H groups in total. The van der Waals surface area contributed by atoms with Crippen LogP contribution in [-0.2, 0) is 10.0 Å². The minimum atomic E-state index is -3.64. The molecular weight excluding hydrogens is 314 g/mol. The summed E-state index contributed by atoms with van der Waals surface area (Å²) in [5.41, 5.74) is 5.07. The lowest BCUT2D eigenvalue weighted by Crippen LogP contribution is -2.23. The zero-order chi connectivity index (χ0) is 15.9. The molecule has 0 unspecified atom stereocenters. The molecule has 2 aliphatic rings. The van der Waals surface area contributed by atoms with E-state index in [4.69, 9.17) is 4.74 Å². The number of hydrogen-bond donors (Lipinski definition) is 1. The molecule has 0 atom stereocenters. The van der Waals surface area contributed by atoms with Crippen molar-refractivity contribution in [2.24, 2.45) is 9.50 Å². The Morgan fingerprint density at radius 3 is 2.65 bits per heavy atom. The standard InChI is InChI=1S/C16H13N3O3S/c20-23(21)15-8-4-2-6-12(15)16(19-23)18-17-13-9-10-22-14-7-3-1-5-11(13)14/h1-8H,9-10H2,(H,18,19)/b17-13-. The van der Waals surface area contributed by atoms with Crippen LogP contribution in [0.15, 0.2) is 62.9 Å². The van der Waals surface area contributed by atoms with Gasteiger partial charge in [-0.05, 0) is 24.3 Å². The SMILES string of the molecule is O=S1(=O)N=C(N/N=C2/CCOc3ccccc32)c2ccccc21. The van der Waals surface area contributed by atoms with Crippen LogP contribution in [0.4, 0.5) is 0 Å². The maximum absolute atomic E-state index is 12.0. The molecule has 0 bridgehead atoms. The average Bonchev–Trinajstić information content (AvgIpc) is 2.84. The minimum absolute atomic E-state index is 0.204. The van der Waals surface area contributed by atoms with Gasteiger partial charge in [-0.2, -0.15) is 13.5 Å². The first-order chi connectivity index (χ1) is 11.1. The van der Waals surface area contributed by atoms with Gasteiger partial charge in [-0.15, -0.1) is 4.40 Å². The summed E-state index contributed by atoms with van der Waals surface area (Å²) in [6.07, 6.45) is 0.645. The Balaban J connectivity index is 1.69. The van der Waals surface area contributed by atoms with Gasteiger partial charge in [0.15, 0.2) is 5.84 Å². The normalized spacial score (nSPS) is 19.5. The topological polar surface area (TPSA) is 80.1 Å². The van der Waals surface area contributed by atoms with E-state index in [0.717, 1.165) is 17.0 Å². The Morgan fingerprint density at radius 2 is 1.78 bits per heavy atom. The van der Waals surface area contributed by atoms with Crippen LogP contribution in [0.3, 0.4) is 0 Å². The van der Waals surface area contributed by atoms with Crippen LogP contribution >= 0.6 is 0 Å². The Hall–Kier alpha value is -2.67. The Morgan fingerprint density at radius 1 is 1.04 bits per heavy atom. The highest BCUT2D eigenvalue weighted by atomic mass is 32.2. The first-order valence-electron chi connectivity index (χ1n) is 7.14. The predicted octanol–water partition coefficient (Wildman–Crippen LogP) is 1.91. The second-order valence-corrected chi connectivity index (χ2v) is 6.75. The van der Waals surface area contributed by atoms with Crippen molar-refractivity contribution in [1.82, 2.24) is 5.43 Å². The fourth-order valence-electron chi connectivity index (χ4n) is 2.65. The molecule has 0 saturated carbocycles. The number of ether oxygens (including phenoxy) is 1. The fraction of sp³-hybridized carbons (Fsp3) is 0.125. The molecular formula is C16H13N3O3S. The van der Waals surface area contributed by atoms with E-state index in [-0.39, 0.29) is 10.7 Å². The summed E-state index contributed by atoms with van der Waals surface area (Å²) >= 11 is 0. The van der Waals surface area contributed by atoms with Crippen molar-refractivity contribution in [3.8, 4) is 5.75 Å². The molecule has 7 heteroatoms. The summed E-state index contributed by atoms with van der Waals surface area (Å²) in [6, 6.07) is 14.3. The number of benzene rings is 2. The molecule has 2 aromatic rings. The van der Waals surface area contributed by atoms with Crippen LogP contribution in [0, 0.1) is 0 Å². The summed E-state index contributed by atoms with van der Waals surface area (Å²) in [6.45, 7) is 0.541. The van der Waals surface area contributed by atoms with Crippen molar-refractivity contribution < 1.29 is 13.2 Å². The number of hydrazone groups is 1. The van der Waals surface area contributed by atoms with Gasteiger partial charge in [-0.25, -0.2) is 0 Å². The number of fused-ring (bicyclic) bond motifs is 2. The van der Waals surface area contributed by atoms with Crippen molar-refractivity contribution in [3.63, 3.8) is 0 Å².